The third kappa shape index (κ3) is 4.21. The Morgan fingerprint density at radius 3 is 2.53 bits per heavy atom. The highest BCUT2D eigenvalue weighted by atomic mass is 16.6. The van der Waals surface area contributed by atoms with Gasteiger partial charge < -0.3 is 10.2 Å². The van der Waals surface area contributed by atoms with Crippen molar-refractivity contribution in [3.8, 4) is 0 Å². The molecule has 0 radical (unpaired) electrons. The number of benzene rings is 1. The summed E-state index contributed by atoms with van der Waals surface area (Å²) in [6.07, 6.45) is 0. The van der Waals surface area contributed by atoms with Crippen LogP contribution in [-0.4, -0.2) is 35.5 Å². The highest BCUT2D eigenvalue weighted by molar-refractivity contribution is 5.65. The van der Waals surface area contributed by atoms with E-state index < -0.39 is 0 Å². The SMILES string of the molecule is CCN(CC)CC(C)Nc1cccc(C)c1[N+](=O)[O-]. The molecule has 0 aliphatic rings. The fourth-order valence-electron chi connectivity index (χ4n) is 2.20. The highest BCUT2D eigenvalue weighted by Crippen LogP contribution is 2.28. The molecule has 106 valence electrons. The van der Waals surface area contributed by atoms with Gasteiger partial charge in [0, 0.05) is 18.2 Å². The summed E-state index contributed by atoms with van der Waals surface area (Å²) in [5.41, 5.74) is 1.46. The maximum atomic E-state index is 11.1. The van der Waals surface area contributed by atoms with Crippen molar-refractivity contribution < 1.29 is 4.92 Å². The van der Waals surface area contributed by atoms with Crippen molar-refractivity contribution in [1.29, 1.82) is 0 Å². The van der Waals surface area contributed by atoms with Crippen molar-refractivity contribution in [2.75, 3.05) is 25.0 Å². The fourth-order valence-corrected chi connectivity index (χ4v) is 2.20. The molecule has 1 aromatic rings. The normalized spacial score (nSPS) is 12.5. The van der Waals surface area contributed by atoms with Gasteiger partial charge in [-0.25, -0.2) is 0 Å². The second-order valence-corrected chi connectivity index (χ2v) is 4.76. The number of hydrogen-bond acceptors (Lipinski definition) is 4. The first-order valence-corrected chi connectivity index (χ1v) is 6.72. The Hall–Kier alpha value is -1.62. The number of nitro groups is 1. The monoisotopic (exact) mass is 265 g/mol. The van der Waals surface area contributed by atoms with Crippen LogP contribution in [0.4, 0.5) is 11.4 Å². The molecule has 19 heavy (non-hydrogen) atoms. The van der Waals surface area contributed by atoms with Gasteiger partial charge >= 0.3 is 0 Å². The molecule has 0 saturated heterocycles. The number of nitro benzene ring substituents is 1. The second kappa shape index (κ2) is 7.09. The van der Waals surface area contributed by atoms with Gasteiger partial charge in [0.15, 0.2) is 0 Å². The fraction of sp³-hybridized carbons (Fsp3) is 0.571. The zero-order chi connectivity index (χ0) is 14.4. The van der Waals surface area contributed by atoms with Crippen LogP contribution < -0.4 is 5.32 Å². The summed E-state index contributed by atoms with van der Waals surface area (Å²) in [5, 5.41) is 14.4. The van der Waals surface area contributed by atoms with E-state index in [2.05, 4.69) is 24.1 Å². The number of nitrogens with one attached hydrogen (secondary N) is 1. The molecule has 5 heteroatoms. The number of hydrogen-bond donors (Lipinski definition) is 1. The zero-order valence-corrected chi connectivity index (χ0v) is 12.1. The molecule has 1 atom stereocenters. The maximum Gasteiger partial charge on any atom is 0.295 e. The summed E-state index contributed by atoms with van der Waals surface area (Å²) >= 11 is 0. The van der Waals surface area contributed by atoms with Gasteiger partial charge in [-0.1, -0.05) is 26.0 Å². The van der Waals surface area contributed by atoms with Crippen LogP contribution in [0.3, 0.4) is 0 Å². The van der Waals surface area contributed by atoms with E-state index in [4.69, 9.17) is 0 Å². The summed E-state index contributed by atoms with van der Waals surface area (Å²) in [5.74, 6) is 0. The first-order chi connectivity index (χ1) is 8.99. The van der Waals surface area contributed by atoms with E-state index in [-0.39, 0.29) is 16.7 Å². The van der Waals surface area contributed by atoms with Gasteiger partial charge in [0.2, 0.25) is 0 Å². The van der Waals surface area contributed by atoms with Gasteiger partial charge in [-0.05, 0) is 33.0 Å². The Balaban J connectivity index is 2.82. The molecule has 5 nitrogen and oxygen atoms in total. The summed E-state index contributed by atoms with van der Waals surface area (Å²) < 4.78 is 0. The Kier molecular flexibility index (Phi) is 5.76. The Labute approximate surface area is 114 Å². The van der Waals surface area contributed by atoms with E-state index in [1.165, 1.54) is 0 Å². The molecule has 0 fully saturated rings. The molecule has 0 aliphatic heterocycles. The van der Waals surface area contributed by atoms with Crippen molar-refractivity contribution in [2.24, 2.45) is 0 Å². The Bertz CT molecular complexity index is 431. The first-order valence-electron chi connectivity index (χ1n) is 6.72. The molecule has 0 bridgehead atoms. The molecule has 1 N–H and O–H groups in total. The molecule has 0 saturated carbocycles. The number of nitrogens with zero attached hydrogens (tertiary/aromatic N) is 2. The second-order valence-electron chi connectivity index (χ2n) is 4.76. The van der Waals surface area contributed by atoms with Crippen LogP contribution in [0.5, 0.6) is 0 Å². The quantitative estimate of drug-likeness (QED) is 0.608. The largest absolute Gasteiger partial charge is 0.376 e. The van der Waals surface area contributed by atoms with E-state index in [9.17, 15) is 10.1 Å². The minimum atomic E-state index is -0.318. The summed E-state index contributed by atoms with van der Waals surface area (Å²) in [4.78, 5) is 13.1. The number of para-hydroxylation sites is 1. The minimum absolute atomic E-state index is 0.167. The van der Waals surface area contributed by atoms with Gasteiger partial charge in [-0.2, -0.15) is 0 Å². The maximum absolute atomic E-state index is 11.1. The van der Waals surface area contributed by atoms with E-state index in [1.807, 2.05) is 13.0 Å². The van der Waals surface area contributed by atoms with Gasteiger partial charge in [-0.15, -0.1) is 0 Å². The third-order valence-corrected chi connectivity index (χ3v) is 3.25. The van der Waals surface area contributed by atoms with Crippen LogP contribution in [0.1, 0.15) is 26.3 Å². The lowest BCUT2D eigenvalue weighted by Crippen LogP contribution is -2.34. The average molecular weight is 265 g/mol. The summed E-state index contributed by atoms with van der Waals surface area (Å²) in [6, 6.07) is 5.54. The molecule has 0 heterocycles. The molecule has 0 aliphatic carbocycles. The minimum Gasteiger partial charge on any atom is -0.376 e. The average Bonchev–Trinajstić information content (AvgIpc) is 2.35. The van der Waals surface area contributed by atoms with Crippen molar-refractivity contribution in [2.45, 2.75) is 33.7 Å². The van der Waals surface area contributed by atoms with Gasteiger partial charge in [0.1, 0.15) is 5.69 Å². The van der Waals surface area contributed by atoms with Gasteiger partial charge in [0.05, 0.1) is 4.92 Å². The third-order valence-electron chi connectivity index (χ3n) is 3.25. The zero-order valence-electron chi connectivity index (χ0n) is 12.1. The smallest absolute Gasteiger partial charge is 0.295 e. The summed E-state index contributed by atoms with van der Waals surface area (Å²) in [7, 11) is 0. The Morgan fingerprint density at radius 1 is 1.37 bits per heavy atom. The highest BCUT2D eigenvalue weighted by Gasteiger charge is 2.18. The van der Waals surface area contributed by atoms with E-state index in [0.717, 1.165) is 19.6 Å². The number of likely N-dealkylation sites (N-methyl/N-ethyl adjacent to an activating group) is 1. The van der Waals surface area contributed by atoms with Gasteiger partial charge in [0.25, 0.3) is 5.69 Å². The van der Waals surface area contributed by atoms with E-state index in [1.54, 1.807) is 19.1 Å². The predicted octanol–water partition coefficient (Wildman–Crippen LogP) is 3.05. The van der Waals surface area contributed by atoms with Crippen molar-refractivity contribution in [1.82, 2.24) is 4.90 Å². The lowest BCUT2D eigenvalue weighted by atomic mass is 10.1. The topological polar surface area (TPSA) is 58.4 Å². The first kappa shape index (κ1) is 15.4. The lowest BCUT2D eigenvalue weighted by molar-refractivity contribution is -0.384. The number of aryl methyl sites for hydroxylation is 1. The van der Waals surface area contributed by atoms with Crippen LogP contribution in [0.2, 0.25) is 0 Å². The molecule has 1 unspecified atom stereocenters. The van der Waals surface area contributed by atoms with E-state index in [0.29, 0.717) is 11.3 Å². The van der Waals surface area contributed by atoms with Crippen LogP contribution in [-0.2, 0) is 0 Å². The Morgan fingerprint density at radius 2 is 2.00 bits per heavy atom. The van der Waals surface area contributed by atoms with Crippen LogP contribution in [0.25, 0.3) is 0 Å². The van der Waals surface area contributed by atoms with Crippen LogP contribution in [0.15, 0.2) is 18.2 Å². The van der Waals surface area contributed by atoms with Crippen molar-refractivity contribution in [3.63, 3.8) is 0 Å². The predicted molar refractivity (Wildman–Crippen MR) is 78.7 cm³/mol. The molecule has 1 rings (SSSR count). The van der Waals surface area contributed by atoms with E-state index >= 15 is 0 Å². The summed E-state index contributed by atoms with van der Waals surface area (Å²) in [6.45, 7) is 10.9. The lowest BCUT2D eigenvalue weighted by Gasteiger charge is -2.24. The molecular formula is C14H23N3O2. The molecule has 0 amide bonds. The molecular weight excluding hydrogens is 242 g/mol. The van der Waals surface area contributed by atoms with Crippen LogP contribution in [0, 0.1) is 17.0 Å². The van der Waals surface area contributed by atoms with Crippen LogP contribution >= 0.6 is 0 Å². The number of anilines is 1. The van der Waals surface area contributed by atoms with Crippen molar-refractivity contribution in [3.05, 3.63) is 33.9 Å². The molecule has 0 spiro atoms. The molecule has 0 aromatic heterocycles. The molecule has 1 aromatic carbocycles. The van der Waals surface area contributed by atoms with Crippen molar-refractivity contribution >= 4 is 11.4 Å². The number of rotatable bonds is 7. The standard InChI is InChI=1S/C14H23N3O2/c1-5-16(6-2)10-12(4)15-13-9-7-8-11(3)14(13)17(18)19/h7-9,12,15H,5-6,10H2,1-4H3. The van der Waals surface area contributed by atoms with Gasteiger partial charge in [-0.3, -0.25) is 10.1 Å².